The largest absolute Gasteiger partial charge is 0.378 e. The molecule has 2 saturated heterocycles. The molecule has 1 amide bonds. The minimum Gasteiger partial charge on any atom is -0.378 e. The average molecular weight is 395 g/mol. The summed E-state index contributed by atoms with van der Waals surface area (Å²) in [6, 6.07) is 13.3. The van der Waals surface area contributed by atoms with E-state index in [0.717, 1.165) is 24.9 Å². The Balaban J connectivity index is 1.65. The van der Waals surface area contributed by atoms with E-state index < -0.39 is 0 Å². The Hall–Kier alpha value is -2.93. The minimum atomic E-state index is -0.379. The minimum absolute atomic E-state index is 0.0110. The number of hydrogen-bond donors (Lipinski definition) is 0. The van der Waals surface area contributed by atoms with Gasteiger partial charge in [0.05, 0.1) is 24.2 Å². The number of nitro benzene ring substituents is 1. The van der Waals surface area contributed by atoms with Crippen molar-refractivity contribution in [1.82, 2.24) is 4.90 Å². The second kappa shape index (κ2) is 8.21. The van der Waals surface area contributed by atoms with Gasteiger partial charge in [-0.2, -0.15) is 0 Å². The second-order valence-corrected chi connectivity index (χ2v) is 7.63. The molecule has 2 heterocycles. The molecule has 0 bridgehead atoms. The third-order valence-corrected chi connectivity index (χ3v) is 5.74. The molecule has 2 aromatic carbocycles. The van der Waals surface area contributed by atoms with Crippen LogP contribution in [0.4, 0.5) is 11.4 Å². The van der Waals surface area contributed by atoms with Crippen LogP contribution in [-0.4, -0.2) is 48.6 Å². The SMILES string of the molecule is Cc1ccc(C2CCCN2c2ccc(C(=O)N3CCOCC3)cc2[N+](=O)[O-])cc1. The number of rotatable bonds is 4. The molecule has 0 aromatic heterocycles. The number of carbonyl (C=O) groups is 1. The Morgan fingerprint density at radius 2 is 1.83 bits per heavy atom. The van der Waals surface area contributed by atoms with Crippen LogP contribution in [0, 0.1) is 17.0 Å². The summed E-state index contributed by atoms with van der Waals surface area (Å²) in [5.41, 5.74) is 3.28. The van der Waals surface area contributed by atoms with Gasteiger partial charge in [-0.05, 0) is 37.5 Å². The van der Waals surface area contributed by atoms with Crippen LogP contribution in [0.15, 0.2) is 42.5 Å². The zero-order chi connectivity index (χ0) is 20.4. The molecule has 29 heavy (non-hydrogen) atoms. The highest BCUT2D eigenvalue weighted by atomic mass is 16.6. The summed E-state index contributed by atoms with van der Waals surface area (Å²) in [6.45, 7) is 4.82. The van der Waals surface area contributed by atoms with Crippen LogP contribution in [0.2, 0.25) is 0 Å². The second-order valence-electron chi connectivity index (χ2n) is 7.63. The van der Waals surface area contributed by atoms with E-state index in [1.807, 2.05) is 6.92 Å². The fraction of sp³-hybridized carbons (Fsp3) is 0.409. The van der Waals surface area contributed by atoms with E-state index in [1.165, 1.54) is 11.6 Å². The van der Waals surface area contributed by atoms with Crippen molar-refractivity contribution in [2.75, 3.05) is 37.7 Å². The first-order valence-corrected chi connectivity index (χ1v) is 10.0. The van der Waals surface area contributed by atoms with Gasteiger partial charge in [0.2, 0.25) is 0 Å². The molecule has 1 unspecified atom stereocenters. The summed E-state index contributed by atoms with van der Waals surface area (Å²) in [5, 5.41) is 11.9. The third kappa shape index (κ3) is 3.96. The first-order chi connectivity index (χ1) is 14.0. The Morgan fingerprint density at radius 3 is 2.52 bits per heavy atom. The molecular formula is C22H25N3O4. The van der Waals surface area contributed by atoms with E-state index >= 15 is 0 Å². The number of anilines is 1. The normalized spacial score (nSPS) is 19.4. The molecule has 7 heteroatoms. The number of morpholine rings is 1. The van der Waals surface area contributed by atoms with Crippen molar-refractivity contribution in [2.24, 2.45) is 0 Å². The Labute approximate surface area is 170 Å². The van der Waals surface area contributed by atoms with Crippen molar-refractivity contribution in [3.05, 3.63) is 69.3 Å². The lowest BCUT2D eigenvalue weighted by molar-refractivity contribution is -0.384. The van der Waals surface area contributed by atoms with Crippen molar-refractivity contribution in [2.45, 2.75) is 25.8 Å². The van der Waals surface area contributed by atoms with Crippen molar-refractivity contribution in [3.63, 3.8) is 0 Å². The monoisotopic (exact) mass is 395 g/mol. The molecule has 2 aromatic rings. The van der Waals surface area contributed by atoms with Gasteiger partial charge in [0.1, 0.15) is 5.69 Å². The van der Waals surface area contributed by atoms with Crippen LogP contribution in [0.1, 0.15) is 40.4 Å². The zero-order valence-corrected chi connectivity index (χ0v) is 16.5. The Morgan fingerprint density at radius 1 is 1.10 bits per heavy atom. The number of amides is 1. The average Bonchev–Trinajstić information content (AvgIpc) is 3.23. The van der Waals surface area contributed by atoms with E-state index in [-0.39, 0.29) is 22.6 Å². The molecular weight excluding hydrogens is 370 g/mol. The summed E-state index contributed by atoms with van der Waals surface area (Å²) < 4.78 is 5.29. The van der Waals surface area contributed by atoms with Crippen LogP contribution in [-0.2, 0) is 4.74 Å². The molecule has 2 aliphatic rings. The molecule has 0 spiro atoms. The van der Waals surface area contributed by atoms with Crippen LogP contribution in [0.25, 0.3) is 0 Å². The van der Waals surface area contributed by atoms with E-state index in [4.69, 9.17) is 4.74 Å². The highest BCUT2D eigenvalue weighted by molar-refractivity contribution is 5.96. The van der Waals surface area contributed by atoms with Crippen molar-refractivity contribution < 1.29 is 14.5 Å². The molecule has 0 saturated carbocycles. The fourth-order valence-electron chi connectivity index (χ4n) is 4.18. The number of carbonyl (C=O) groups excluding carboxylic acids is 1. The van der Waals surface area contributed by atoms with Crippen LogP contribution < -0.4 is 4.90 Å². The van der Waals surface area contributed by atoms with E-state index in [2.05, 4.69) is 29.2 Å². The molecule has 1 atom stereocenters. The number of nitrogens with zero attached hydrogens (tertiary/aromatic N) is 3. The Bertz CT molecular complexity index is 907. The predicted molar refractivity (Wildman–Crippen MR) is 110 cm³/mol. The highest BCUT2D eigenvalue weighted by Gasteiger charge is 2.32. The van der Waals surface area contributed by atoms with Gasteiger partial charge in [-0.3, -0.25) is 14.9 Å². The maximum Gasteiger partial charge on any atom is 0.293 e. The summed E-state index contributed by atoms with van der Waals surface area (Å²) in [4.78, 5) is 28.0. The van der Waals surface area contributed by atoms with E-state index in [1.54, 1.807) is 17.0 Å². The van der Waals surface area contributed by atoms with Gasteiger partial charge in [-0.25, -0.2) is 0 Å². The predicted octanol–water partition coefficient (Wildman–Crippen LogP) is 3.72. The summed E-state index contributed by atoms with van der Waals surface area (Å²) in [7, 11) is 0. The van der Waals surface area contributed by atoms with Crippen LogP contribution >= 0.6 is 0 Å². The fourth-order valence-corrected chi connectivity index (χ4v) is 4.18. The van der Waals surface area contributed by atoms with Gasteiger partial charge in [0.25, 0.3) is 11.6 Å². The molecule has 0 radical (unpaired) electrons. The van der Waals surface area contributed by atoms with Gasteiger partial charge in [-0.15, -0.1) is 0 Å². The van der Waals surface area contributed by atoms with Crippen molar-refractivity contribution in [3.8, 4) is 0 Å². The number of aryl methyl sites for hydroxylation is 1. The van der Waals surface area contributed by atoms with Gasteiger partial charge in [0, 0.05) is 31.3 Å². The molecule has 7 nitrogen and oxygen atoms in total. The summed E-state index contributed by atoms with van der Waals surface area (Å²) in [5.74, 6) is -0.181. The number of ether oxygens (including phenoxy) is 1. The van der Waals surface area contributed by atoms with Crippen LogP contribution in [0.3, 0.4) is 0 Å². The molecule has 0 N–H and O–H groups in total. The topological polar surface area (TPSA) is 75.9 Å². The molecule has 0 aliphatic carbocycles. The maximum atomic E-state index is 12.8. The van der Waals surface area contributed by atoms with Crippen molar-refractivity contribution in [1.29, 1.82) is 0 Å². The lowest BCUT2D eigenvalue weighted by Crippen LogP contribution is -2.40. The number of benzene rings is 2. The summed E-state index contributed by atoms with van der Waals surface area (Å²) in [6.07, 6.45) is 1.93. The first kappa shape index (κ1) is 19.4. The lowest BCUT2D eigenvalue weighted by Gasteiger charge is -2.28. The van der Waals surface area contributed by atoms with Crippen LogP contribution in [0.5, 0.6) is 0 Å². The molecule has 4 rings (SSSR count). The van der Waals surface area contributed by atoms with Gasteiger partial charge in [-0.1, -0.05) is 29.8 Å². The van der Waals surface area contributed by atoms with Gasteiger partial charge in [0.15, 0.2) is 0 Å². The van der Waals surface area contributed by atoms with E-state index in [0.29, 0.717) is 37.6 Å². The highest BCUT2D eigenvalue weighted by Crippen LogP contribution is 2.40. The first-order valence-electron chi connectivity index (χ1n) is 10.0. The standard InChI is InChI=1S/C22H25N3O4/c1-16-4-6-17(7-5-16)19-3-2-10-24(19)20-9-8-18(15-21(20)25(27)28)22(26)23-11-13-29-14-12-23/h4-9,15,19H,2-3,10-14H2,1H3. The Kier molecular flexibility index (Phi) is 5.49. The lowest BCUT2D eigenvalue weighted by atomic mass is 10.0. The zero-order valence-electron chi connectivity index (χ0n) is 16.5. The van der Waals surface area contributed by atoms with Gasteiger partial charge < -0.3 is 14.5 Å². The molecule has 2 aliphatic heterocycles. The van der Waals surface area contributed by atoms with Gasteiger partial charge >= 0.3 is 0 Å². The summed E-state index contributed by atoms with van der Waals surface area (Å²) >= 11 is 0. The quantitative estimate of drug-likeness (QED) is 0.583. The molecule has 2 fully saturated rings. The maximum absolute atomic E-state index is 12.8. The van der Waals surface area contributed by atoms with E-state index in [9.17, 15) is 14.9 Å². The third-order valence-electron chi connectivity index (χ3n) is 5.74. The number of nitro groups is 1. The smallest absolute Gasteiger partial charge is 0.293 e. The molecule has 152 valence electrons. The van der Waals surface area contributed by atoms with Crippen molar-refractivity contribution >= 4 is 17.3 Å². The number of hydrogen-bond acceptors (Lipinski definition) is 5.